The summed E-state index contributed by atoms with van der Waals surface area (Å²) in [5.41, 5.74) is 1.35. The van der Waals surface area contributed by atoms with E-state index < -0.39 is 8.32 Å². The smallest absolute Gasteiger partial charge is 0.319 e. The molecule has 4 aromatic carbocycles. The van der Waals surface area contributed by atoms with Crippen LogP contribution in [0.5, 0.6) is 5.75 Å². The topological polar surface area (TPSA) is 26.3 Å². The van der Waals surface area contributed by atoms with Crippen LogP contribution in [0.15, 0.2) is 115 Å². The van der Waals surface area contributed by atoms with Crippen LogP contribution in [0.4, 0.5) is 0 Å². The van der Waals surface area contributed by atoms with E-state index in [0.29, 0.717) is 11.1 Å². The second kappa shape index (κ2) is 8.97. The highest BCUT2D eigenvalue weighted by Gasteiger charge is 2.52. The van der Waals surface area contributed by atoms with E-state index in [1.165, 1.54) is 10.4 Å². The van der Waals surface area contributed by atoms with Gasteiger partial charge in [0, 0.05) is 11.1 Å². The molecule has 0 atom stereocenters. The van der Waals surface area contributed by atoms with Crippen LogP contribution in [0.1, 0.15) is 36.7 Å². The molecule has 2 nitrogen and oxygen atoms in total. The van der Waals surface area contributed by atoms with Crippen molar-refractivity contribution in [1.82, 2.24) is 0 Å². The third-order valence-electron chi connectivity index (χ3n) is 5.84. The molecule has 4 aromatic rings. The normalized spacial score (nSPS) is 11.7. The molecule has 160 valence electrons. The maximum atomic E-state index is 12.8. The molecule has 0 amide bonds. The first kappa shape index (κ1) is 21.8. The predicted octanol–water partition coefficient (Wildman–Crippen LogP) is 5.86. The lowest BCUT2D eigenvalue weighted by Crippen LogP contribution is -2.68. The minimum atomic E-state index is -2.68. The van der Waals surface area contributed by atoms with Crippen LogP contribution in [0.25, 0.3) is 0 Å². The van der Waals surface area contributed by atoms with E-state index in [-0.39, 0.29) is 10.8 Å². The highest BCUT2D eigenvalue weighted by molar-refractivity contribution is 7.00. The summed E-state index contributed by atoms with van der Waals surface area (Å²) in [4.78, 5) is 12.8. The first-order valence-electron chi connectivity index (χ1n) is 10.9. The van der Waals surface area contributed by atoms with E-state index in [9.17, 15) is 4.79 Å². The fourth-order valence-corrected chi connectivity index (χ4v) is 8.68. The van der Waals surface area contributed by atoms with Gasteiger partial charge in [0.2, 0.25) is 0 Å². The van der Waals surface area contributed by atoms with E-state index in [4.69, 9.17) is 4.43 Å². The van der Waals surface area contributed by atoms with Crippen molar-refractivity contribution in [2.24, 2.45) is 0 Å². The maximum absolute atomic E-state index is 12.8. The van der Waals surface area contributed by atoms with Crippen molar-refractivity contribution in [3.63, 3.8) is 0 Å². The van der Waals surface area contributed by atoms with Gasteiger partial charge in [0.25, 0.3) is 0 Å². The Morgan fingerprint density at radius 1 is 0.594 bits per heavy atom. The first-order valence-corrected chi connectivity index (χ1v) is 12.8. The molecular formula is C29H28O2Si. The number of ketones is 1. The molecule has 0 aliphatic carbocycles. The van der Waals surface area contributed by atoms with Gasteiger partial charge in [-0.05, 0) is 39.7 Å². The summed E-state index contributed by atoms with van der Waals surface area (Å²) in [6.07, 6.45) is 0. The van der Waals surface area contributed by atoms with Gasteiger partial charge < -0.3 is 4.43 Å². The summed E-state index contributed by atoms with van der Waals surface area (Å²) < 4.78 is 7.01. The zero-order chi connectivity index (χ0) is 22.6. The van der Waals surface area contributed by atoms with Crippen LogP contribution in [-0.2, 0) is 0 Å². The Morgan fingerprint density at radius 2 is 1.00 bits per heavy atom. The van der Waals surface area contributed by atoms with Crippen LogP contribution in [0.2, 0.25) is 5.04 Å². The van der Waals surface area contributed by atoms with E-state index in [1.54, 1.807) is 0 Å². The number of hydrogen-bond donors (Lipinski definition) is 0. The van der Waals surface area contributed by atoms with Crippen molar-refractivity contribution < 1.29 is 9.22 Å². The molecule has 0 aliphatic rings. The van der Waals surface area contributed by atoms with Crippen molar-refractivity contribution >= 4 is 24.5 Å². The molecule has 0 saturated heterocycles. The highest BCUT2D eigenvalue weighted by Crippen LogP contribution is 2.37. The SMILES string of the molecule is CC(C)(C)[Si](Oc1ccc(C(=O)c2ccccc2)cc1)(c1ccccc1)c1ccccc1. The van der Waals surface area contributed by atoms with E-state index in [2.05, 4.69) is 69.3 Å². The number of benzene rings is 4. The van der Waals surface area contributed by atoms with Gasteiger partial charge in [-0.15, -0.1) is 0 Å². The van der Waals surface area contributed by atoms with Gasteiger partial charge >= 0.3 is 8.32 Å². The molecule has 0 unspecified atom stereocenters. The molecule has 0 N–H and O–H groups in total. The summed E-state index contributed by atoms with van der Waals surface area (Å²) in [6.45, 7) is 6.77. The second-order valence-corrected chi connectivity index (χ2v) is 13.2. The molecule has 32 heavy (non-hydrogen) atoms. The maximum Gasteiger partial charge on any atom is 0.319 e. The molecule has 0 fully saturated rings. The largest absolute Gasteiger partial charge is 0.534 e. The Morgan fingerprint density at radius 3 is 1.44 bits per heavy atom. The summed E-state index contributed by atoms with van der Waals surface area (Å²) in [6, 6.07) is 38.1. The molecule has 0 spiro atoms. The minimum absolute atomic E-state index is 0.0163. The molecule has 0 radical (unpaired) electrons. The van der Waals surface area contributed by atoms with Crippen molar-refractivity contribution in [1.29, 1.82) is 0 Å². The number of rotatable bonds is 6. The first-order chi connectivity index (χ1) is 15.4. The second-order valence-electron chi connectivity index (χ2n) is 8.98. The molecule has 3 heteroatoms. The number of carbonyl (C=O) groups excluding carboxylic acids is 1. The van der Waals surface area contributed by atoms with Crippen LogP contribution >= 0.6 is 0 Å². The fraction of sp³-hybridized carbons (Fsp3) is 0.138. The lowest BCUT2D eigenvalue weighted by Gasteiger charge is -2.43. The van der Waals surface area contributed by atoms with Gasteiger partial charge in [0.15, 0.2) is 5.78 Å². The molecule has 0 bridgehead atoms. The lowest BCUT2D eigenvalue weighted by molar-refractivity contribution is 0.103. The quantitative estimate of drug-likeness (QED) is 0.280. The van der Waals surface area contributed by atoms with Crippen molar-refractivity contribution in [2.45, 2.75) is 25.8 Å². The van der Waals surface area contributed by atoms with Gasteiger partial charge in [0.1, 0.15) is 5.75 Å². The van der Waals surface area contributed by atoms with Gasteiger partial charge in [-0.2, -0.15) is 0 Å². The average Bonchev–Trinajstić information content (AvgIpc) is 2.83. The molecular weight excluding hydrogens is 408 g/mol. The van der Waals surface area contributed by atoms with Crippen molar-refractivity contribution in [3.8, 4) is 5.75 Å². The number of hydrogen-bond acceptors (Lipinski definition) is 2. The van der Waals surface area contributed by atoms with Gasteiger partial charge in [0.05, 0.1) is 0 Å². The van der Waals surface area contributed by atoms with Crippen LogP contribution in [-0.4, -0.2) is 14.1 Å². The minimum Gasteiger partial charge on any atom is -0.534 e. The highest BCUT2D eigenvalue weighted by atomic mass is 28.4. The zero-order valence-corrected chi connectivity index (χ0v) is 19.8. The summed E-state index contributed by atoms with van der Waals surface area (Å²) in [5.74, 6) is 0.798. The van der Waals surface area contributed by atoms with Crippen LogP contribution in [0.3, 0.4) is 0 Å². The van der Waals surface area contributed by atoms with Crippen molar-refractivity contribution in [3.05, 3.63) is 126 Å². The number of carbonyl (C=O) groups is 1. The Labute approximate surface area is 191 Å². The Balaban J connectivity index is 1.76. The van der Waals surface area contributed by atoms with Gasteiger partial charge in [-0.1, -0.05) is 112 Å². The molecule has 0 aromatic heterocycles. The molecule has 0 aliphatic heterocycles. The molecule has 4 rings (SSSR count). The third kappa shape index (κ3) is 4.17. The fourth-order valence-electron chi connectivity index (χ4n) is 4.26. The Kier molecular flexibility index (Phi) is 6.11. The van der Waals surface area contributed by atoms with E-state index >= 15 is 0 Å². The third-order valence-corrected chi connectivity index (χ3v) is 10.8. The lowest BCUT2D eigenvalue weighted by atomic mass is 10.0. The molecule has 0 saturated carbocycles. The summed E-state index contributed by atoms with van der Waals surface area (Å²) in [7, 11) is -2.68. The zero-order valence-electron chi connectivity index (χ0n) is 18.8. The predicted molar refractivity (Wildman–Crippen MR) is 135 cm³/mol. The monoisotopic (exact) mass is 436 g/mol. The Bertz CT molecular complexity index is 1120. The standard InChI is InChI=1S/C29H28O2Si/c1-29(2,3)32(26-15-9-5-10-16-26,27-17-11-6-12-18-27)31-25-21-19-24(20-22-25)28(30)23-13-7-4-8-14-23/h4-22H,1-3H3. The van der Waals surface area contributed by atoms with Crippen LogP contribution < -0.4 is 14.8 Å². The van der Waals surface area contributed by atoms with E-state index in [0.717, 1.165) is 5.75 Å². The average molecular weight is 437 g/mol. The summed E-state index contributed by atoms with van der Waals surface area (Å²) in [5, 5.41) is 2.33. The van der Waals surface area contributed by atoms with E-state index in [1.807, 2.05) is 66.7 Å². The van der Waals surface area contributed by atoms with Crippen LogP contribution in [0, 0.1) is 0 Å². The van der Waals surface area contributed by atoms with Gasteiger partial charge in [-0.3, -0.25) is 4.79 Å². The van der Waals surface area contributed by atoms with Gasteiger partial charge in [-0.25, -0.2) is 0 Å². The summed E-state index contributed by atoms with van der Waals surface area (Å²) >= 11 is 0. The van der Waals surface area contributed by atoms with Crippen molar-refractivity contribution in [2.75, 3.05) is 0 Å². The Hall–Kier alpha value is -3.43. The molecule has 0 heterocycles.